The average Bonchev–Trinajstić information content (AvgIpc) is 3.02. The second-order valence-electron chi connectivity index (χ2n) is 7.27. The average molecular weight is 422 g/mol. The van der Waals surface area contributed by atoms with Crippen molar-refractivity contribution in [2.45, 2.75) is 51.4 Å². The van der Waals surface area contributed by atoms with E-state index >= 15 is 0 Å². The minimum absolute atomic E-state index is 0.0389. The van der Waals surface area contributed by atoms with Crippen LogP contribution in [0.2, 0.25) is 5.02 Å². The normalized spacial score (nSPS) is 19.0. The minimum Gasteiger partial charge on any atom is -0.481 e. The van der Waals surface area contributed by atoms with Crippen LogP contribution in [0.1, 0.15) is 61.7 Å². The molecule has 1 aromatic rings. The number of aliphatic carboxylic acids is 1. The molecule has 1 fully saturated rings. The van der Waals surface area contributed by atoms with Crippen LogP contribution in [0.3, 0.4) is 0 Å². The van der Waals surface area contributed by atoms with E-state index in [9.17, 15) is 24.5 Å². The molecule has 1 aliphatic carbocycles. The van der Waals surface area contributed by atoms with Crippen molar-refractivity contribution in [3.63, 3.8) is 0 Å². The summed E-state index contributed by atoms with van der Waals surface area (Å²) >= 11 is 6.00. The number of nitrogens with zero attached hydrogens (tertiary/aromatic N) is 1. The van der Waals surface area contributed by atoms with Gasteiger partial charge in [-0.05, 0) is 37.3 Å². The molecule has 7 nitrogen and oxygen atoms in total. The largest absolute Gasteiger partial charge is 0.481 e. The van der Waals surface area contributed by atoms with Gasteiger partial charge in [0.1, 0.15) is 5.78 Å². The molecule has 8 heteroatoms. The van der Waals surface area contributed by atoms with Gasteiger partial charge < -0.3 is 5.11 Å². The van der Waals surface area contributed by atoms with Crippen molar-refractivity contribution in [1.82, 2.24) is 0 Å². The van der Waals surface area contributed by atoms with Crippen molar-refractivity contribution in [3.05, 3.63) is 51.1 Å². The van der Waals surface area contributed by atoms with Gasteiger partial charge in [-0.1, -0.05) is 36.9 Å². The van der Waals surface area contributed by atoms with Gasteiger partial charge in [0, 0.05) is 36.5 Å². The summed E-state index contributed by atoms with van der Waals surface area (Å²) in [6.45, 7) is 0. The topological polar surface area (TPSA) is 115 Å². The van der Waals surface area contributed by atoms with E-state index in [4.69, 9.17) is 16.7 Å². The first-order chi connectivity index (χ1) is 13.8. The molecule has 1 saturated carbocycles. The van der Waals surface area contributed by atoms with Crippen molar-refractivity contribution >= 4 is 34.8 Å². The number of carboxylic acid groups (broad SMARTS) is 1. The Hall–Kier alpha value is -2.54. The summed E-state index contributed by atoms with van der Waals surface area (Å²) in [6, 6.07) is 3.72. The number of halogens is 1. The number of hydrogen-bond acceptors (Lipinski definition) is 5. The Morgan fingerprint density at radius 2 is 1.97 bits per heavy atom. The van der Waals surface area contributed by atoms with Crippen LogP contribution < -0.4 is 0 Å². The van der Waals surface area contributed by atoms with Crippen LogP contribution in [-0.4, -0.2) is 27.6 Å². The Morgan fingerprint density at radius 1 is 1.24 bits per heavy atom. The standard InChI is InChI=1S/C21H24ClNO6/c22-18-10-9-15(23(28)29)13-17(18)20(25)12-8-14-7-11-19(24)16(14)5-3-1-2-4-6-21(26)27/h8-10,12-14,16H,1-7,11H2,(H,26,27)/b12-8+. The van der Waals surface area contributed by atoms with E-state index < -0.39 is 16.7 Å². The molecule has 2 rings (SSSR count). The second-order valence-corrected chi connectivity index (χ2v) is 7.67. The van der Waals surface area contributed by atoms with Crippen LogP contribution in [0.5, 0.6) is 0 Å². The predicted octanol–water partition coefficient (Wildman–Crippen LogP) is 5.01. The fourth-order valence-electron chi connectivity index (χ4n) is 3.65. The molecular weight excluding hydrogens is 398 g/mol. The van der Waals surface area contributed by atoms with Gasteiger partial charge in [0.2, 0.25) is 0 Å². The maximum atomic E-state index is 12.4. The number of unbranched alkanes of at least 4 members (excludes halogenated alkanes) is 3. The highest BCUT2D eigenvalue weighted by Gasteiger charge is 2.32. The Balaban J connectivity index is 1.93. The molecule has 156 valence electrons. The first kappa shape index (κ1) is 22.7. The number of nitro groups is 1. The zero-order chi connectivity index (χ0) is 21.4. The Morgan fingerprint density at radius 3 is 2.66 bits per heavy atom. The molecule has 29 heavy (non-hydrogen) atoms. The lowest BCUT2D eigenvalue weighted by molar-refractivity contribution is -0.384. The lowest BCUT2D eigenvalue weighted by atomic mass is 9.89. The SMILES string of the molecule is O=C(O)CCCCCCC1C(=O)CCC1/C=C/C(=O)c1cc([N+](=O)[O-])ccc1Cl. The van der Waals surface area contributed by atoms with Crippen molar-refractivity contribution in [2.75, 3.05) is 0 Å². The lowest BCUT2D eigenvalue weighted by Gasteiger charge is -2.14. The zero-order valence-corrected chi connectivity index (χ0v) is 16.8. The number of ketones is 2. The third kappa shape index (κ3) is 6.78. The van der Waals surface area contributed by atoms with Crippen LogP contribution in [-0.2, 0) is 9.59 Å². The highest BCUT2D eigenvalue weighted by Crippen LogP contribution is 2.34. The number of Topliss-reactive ketones (excluding diaryl/α,β-unsaturated/α-hetero) is 1. The Kier molecular flexibility index (Phi) is 8.51. The van der Waals surface area contributed by atoms with Crippen molar-refractivity contribution in [2.24, 2.45) is 11.8 Å². The van der Waals surface area contributed by atoms with Crippen molar-refractivity contribution < 1.29 is 24.4 Å². The highest BCUT2D eigenvalue weighted by atomic mass is 35.5. The van der Waals surface area contributed by atoms with Gasteiger partial charge in [-0.2, -0.15) is 0 Å². The van der Waals surface area contributed by atoms with Gasteiger partial charge in [0.15, 0.2) is 5.78 Å². The minimum atomic E-state index is -0.797. The first-order valence-electron chi connectivity index (χ1n) is 9.70. The molecule has 1 aromatic carbocycles. The van der Waals surface area contributed by atoms with Gasteiger partial charge in [-0.3, -0.25) is 24.5 Å². The number of carbonyl (C=O) groups excluding carboxylic acids is 2. The summed E-state index contributed by atoms with van der Waals surface area (Å²) in [6.07, 6.45) is 8.27. The molecule has 0 saturated heterocycles. The quantitative estimate of drug-likeness (QED) is 0.176. The smallest absolute Gasteiger partial charge is 0.303 e. The Labute approximate surface area is 173 Å². The van der Waals surface area contributed by atoms with E-state index in [-0.39, 0.29) is 40.3 Å². The predicted molar refractivity (Wildman–Crippen MR) is 108 cm³/mol. The molecule has 0 aromatic heterocycles. The number of rotatable bonds is 11. The van der Waals surface area contributed by atoms with Gasteiger partial charge in [0.05, 0.1) is 9.95 Å². The van der Waals surface area contributed by atoms with E-state index in [1.54, 1.807) is 6.08 Å². The van der Waals surface area contributed by atoms with E-state index in [1.807, 2.05) is 0 Å². The van der Waals surface area contributed by atoms with E-state index in [0.29, 0.717) is 25.7 Å². The molecule has 0 bridgehead atoms. The van der Waals surface area contributed by atoms with Gasteiger partial charge in [0.25, 0.3) is 5.69 Å². The van der Waals surface area contributed by atoms with Gasteiger partial charge in [-0.25, -0.2) is 0 Å². The van der Waals surface area contributed by atoms with E-state index in [2.05, 4.69) is 0 Å². The molecule has 1 aliphatic rings. The molecule has 2 atom stereocenters. The number of benzene rings is 1. The third-order valence-electron chi connectivity index (χ3n) is 5.23. The molecular formula is C21H24ClNO6. The summed E-state index contributed by atoms with van der Waals surface area (Å²) in [5.74, 6) is -1.21. The fourth-order valence-corrected chi connectivity index (χ4v) is 3.86. The zero-order valence-electron chi connectivity index (χ0n) is 16.0. The van der Waals surface area contributed by atoms with Crippen molar-refractivity contribution in [1.29, 1.82) is 0 Å². The number of carboxylic acids is 1. The van der Waals surface area contributed by atoms with Crippen LogP contribution in [0, 0.1) is 22.0 Å². The number of carbonyl (C=O) groups is 3. The molecule has 0 heterocycles. The number of hydrogen-bond donors (Lipinski definition) is 1. The molecule has 0 amide bonds. The number of allylic oxidation sites excluding steroid dienone is 2. The summed E-state index contributed by atoms with van der Waals surface area (Å²) in [7, 11) is 0. The van der Waals surface area contributed by atoms with Crippen LogP contribution in [0.15, 0.2) is 30.4 Å². The summed E-state index contributed by atoms with van der Waals surface area (Å²) in [4.78, 5) is 45.5. The fraction of sp³-hybridized carbons (Fsp3) is 0.476. The number of nitro benzene ring substituents is 1. The van der Waals surface area contributed by atoms with Crippen molar-refractivity contribution in [3.8, 4) is 0 Å². The summed E-state index contributed by atoms with van der Waals surface area (Å²) in [5.41, 5.74) is -0.139. The molecule has 2 unspecified atom stereocenters. The number of non-ortho nitro benzene ring substituents is 1. The molecule has 0 spiro atoms. The maximum Gasteiger partial charge on any atom is 0.303 e. The van der Waals surface area contributed by atoms with Crippen LogP contribution in [0.25, 0.3) is 0 Å². The van der Waals surface area contributed by atoms with E-state index in [0.717, 1.165) is 25.3 Å². The van der Waals surface area contributed by atoms with Gasteiger partial charge in [-0.15, -0.1) is 0 Å². The monoisotopic (exact) mass is 421 g/mol. The summed E-state index contributed by atoms with van der Waals surface area (Å²) < 4.78 is 0. The van der Waals surface area contributed by atoms with Crippen LogP contribution in [0.4, 0.5) is 5.69 Å². The maximum absolute atomic E-state index is 12.4. The first-order valence-corrected chi connectivity index (χ1v) is 10.1. The Bertz CT molecular complexity index is 819. The summed E-state index contributed by atoms with van der Waals surface area (Å²) in [5, 5.41) is 19.7. The molecule has 0 aliphatic heterocycles. The lowest BCUT2D eigenvalue weighted by Crippen LogP contribution is -2.13. The highest BCUT2D eigenvalue weighted by molar-refractivity contribution is 6.34. The molecule has 0 radical (unpaired) electrons. The second kappa shape index (κ2) is 10.9. The van der Waals surface area contributed by atoms with Gasteiger partial charge >= 0.3 is 5.97 Å². The molecule has 1 N–H and O–H groups in total. The van der Waals surface area contributed by atoms with E-state index in [1.165, 1.54) is 18.2 Å². The van der Waals surface area contributed by atoms with Crippen LogP contribution >= 0.6 is 11.6 Å². The third-order valence-corrected chi connectivity index (χ3v) is 5.56.